The summed E-state index contributed by atoms with van der Waals surface area (Å²) in [5.41, 5.74) is 4.92. The Morgan fingerprint density at radius 1 is 0.655 bits per heavy atom. The van der Waals surface area contributed by atoms with Crippen molar-refractivity contribution in [2.45, 2.75) is 64.2 Å². The van der Waals surface area contributed by atoms with Crippen LogP contribution in [0.1, 0.15) is 85.2 Å². The van der Waals surface area contributed by atoms with Crippen LogP contribution in [0.2, 0.25) is 0 Å². The van der Waals surface area contributed by atoms with Gasteiger partial charge in [0.2, 0.25) is 0 Å². The highest BCUT2D eigenvalue weighted by Crippen LogP contribution is 2.31. The first-order chi connectivity index (χ1) is 26.9. The van der Waals surface area contributed by atoms with Crippen LogP contribution in [0.15, 0.2) is 81.9 Å². The van der Waals surface area contributed by atoms with Crippen molar-refractivity contribution in [2.24, 2.45) is 17.7 Å². The fourth-order valence-corrected chi connectivity index (χ4v) is 6.87. The van der Waals surface area contributed by atoms with E-state index in [1.807, 2.05) is 17.6 Å². The number of hydrogen-bond donors (Lipinski definition) is 5. The summed E-state index contributed by atoms with van der Waals surface area (Å²) in [7, 11) is 0. The van der Waals surface area contributed by atoms with Crippen LogP contribution < -0.4 is 31.4 Å². The van der Waals surface area contributed by atoms with Gasteiger partial charge < -0.3 is 34.0 Å². The number of rotatable bonds is 12. The molecular weight excluding hydrogens is 704 g/mol. The molecule has 0 unspecified atom stereocenters. The number of anilines is 2. The second-order valence-electron chi connectivity index (χ2n) is 13.8. The molecule has 4 aromatic heterocycles. The number of benzene rings is 2. The summed E-state index contributed by atoms with van der Waals surface area (Å²) in [4.78, 5) is 39.3. The van der Waals surface area contributed by atoms with Crippen LogP contribution in [0.4, 0.5) is 12.0 Å². The summed E-state index contributed by atoms with van der Waals surface area (Å²) in [5.74, 6) is 6.92. The van der Waals surface area contributed by atoms with Crippen molar-refractivity contribution in [3.63, 3.8) is 0 Å². The van der Waals surface area contributed by atoms with Crippen molar-refractivity contribution < 1.29 is 33.0 Å². The lowest BCUT2D eigenvalue weighted by atomic mass is 9.89. The van der Waals surface area contributed by atoms with E-state index in [4.69, 9.17) is 29.3 Å². The molecule has 2 fully saturated rings. The second-order valence-corrected chi connectivity index (χ2v) is 13.8. The van der Waals surface area contributed by atoms with Gasteiger partial charge in [0.05, 0.1) is 0 Å². The van der Waals surface area contributed by atoms with Crippen LogP contribution in [0.3, 0.4) is 0 Å². The number of ether oxygens (including phenoxy) is 2. The summed E-state index contributed by atoms with van der Waals surface area (Å²) in [5, 5.41) is 15.6. The minimum absolute atomic E-state index is 0.0672. The van der Waals surface area contributed by atoms with E-state index in [-0.39, 0.29) is 11.4 Å². The third kappa shape index (κ3) is 10.1. The monoisotopic (exact) mass is 748 g/mol. The number of aromatic nitrogens is 4. The molecule has 2 aromatic carbocycles. The second kappa shape index (κ2) is 17.7. The molecule has 0 radical (unpaired) electrons. The van der Waals surface area contributed by atoms with Crippen molar-refractivity contribution in [3.05, 3.63) is 84.4 Å². The number of nitrogens with one attached hydrogen (secondary N) is 3. The highest BCUT2D eigenvalue weighted by Gasteiger charge is 2.17. The van der Waals surface area contributed by atoms with Gasteiger partial charge in [-0.25, -0.2) is 15.6 Å². The molecule has 2 aliphatic rings. The molecule has 2 aliphatic carbocycles. The lowest BCUT2D eigenvalue weighted by molar-refractivity contribution is 0.0689. The number of carbonyl (C=O) groups excluding carboxylic acids is 1. The maximum atomic E-state index is 11.6. The van der Waals surface area contributed by atoms with Crippen molar-refractivity contribution >= 4 is 46.1 Å². The zero-order valence-electron chi connectivity index (χ0n) is 30.3. The number of fused-ring (bicyclic) bond motifs is 2. The first-order valence-corrected chi connectivity index (χ1v) is 18.7. The van der Waals surface area contributed by atoms with Crippen LogP contribution >= 0.6 is 0 Å². The van der Waals surface area contributed by atoms with Crippen LogP contribution in [-0.2, 0) is 0 Å². The molecule has 15 nitrogen and oxygen atoms in total. The van der Waals surface area contributed by atoms with E-state index < -0.39 is 11.9 Å². The number of aromatic carboxylic acids is 1. The van der Waals surface area contributed by atoms with Gasteiger partial charge in [-0.15, -0.1) is 0 Å². The van der Waals surface area contributed by atoms with Crippen molar-refractivity contribution in [1.29, 1.82) is 0 Å². The molecule has 286 valence electrons. The lowest BCUT2D eigenvalue weighted by Gasteiger charge is -2.21. The minimum atomic E-state index is -1.10. The van der Waals surface area contributed by atoms with Crippen molar-refractivity contribution in [1.82, 2.24) is 25.4 Å². The average molecular weight is 749 g/mol. The zero-order valence-corrected chi connectivity index (χ0v) is 30.3. The molecule has 55 heavy (non-hydrogen) atoms. The van der Waals surface area contributed by atoms with Crippen LogP contribution in [0.25, 0.3) is 22.2 Å². The molecule has 4 heterocycles. The van der Waals surface area contributed by atoms with E-state index in [0.29, 0.717) is 58.0 Å². The van der Waals surface area contributed by atoms with Gasteiger partial charge in [-0.1, -0.05) is 38.5 Å². The van der Waals surface area contributed by atoms with Gasteiger partial charge in [0.1, 0.15) is 39.7 Å². The summed E-state index contributed by atoms with van der Waals surface area (Å²) < 4.78 is 23.2. The number of carboxylic acids is 1. The van der Waals surface area contributed by atoms with E-state index in [1.165, 1.54) is 88.7 Å². The fourth-order valence-electron chi connectivity index (χ4n) is 6.87. The molecule has 8 rings (SSSR count). The van der Waals surface area contributed by atoms with Crippen molar-refractivity contribution in [2.75, 3.05) is 23.7 Å². The smallest absolute Gasteiger partial charge is 0.354 e. The normalized spacial score (nSPS) is 14.9. The predicted octanol–water partition coefficient (Wildman–Crippen LogP) is 8.32. The van der Waals surface area contributed by atoms with Gasteiger partial charge in [-0.3, -0.25) is 15.2 Å². The van der Waals surface area contributed by atoms with Gasteiger partial charge in [-0.05, 0) is 73.9 Å². The predicted molar refractivity (Wildman–Crippen MR) is 205 cm³/mol. The largest absolute Gasteiger partial charge is 0.477 e. The Morgan fingerprint density at radius 3 is 1.58 bits per heavy atom. The molecule has 0 saturated heterocycles. The van der Waals surface area contributed by atoms with E-state index in [1.54, 1.807) is 36.4 Å². The molecule has 2 saturated carbocycles. The molecule has 0 bridgehead atoms. The quantitative estimate of drug-likeness (QED) is 0.0452. The number of amides is 1. The summed E-state index contributed by atoms with van der Waals surface area (Å²) in [6, 6.07) is 18.0. The molecule has 0 aliphatic heterocycles. The van der Waals surface area contributed by atoms with Gasteiger partial charge in [0.25, 0.3) is 17.9 Å². The Morgan fingerprint density at radius 2 is 1.11 bits per heavy atom. The van der Waals surface area contributed by atoms with E-state index in [0.717, 1.165) is 24.1 Å². The van der Waals surface area contributed by atoms with E-state index in [2.05, 4.69) is 30.6 Å². The first kappa shape index (κ1) is 37.1. The number of nitrogens with zero attached hydrogens (tertiary/aromatic N) is 4. The molecular formula is C40H44N8O7. The number of oxazole rings is 2. The molecule has 1 amide bonds. The molecule has 6 N–H and O–H groups in total. The fraction of sp³-hybridized carbons (Fsp3) is 0.350. The maximum Gasteiger partial charge on any atom is 0.354 e. The van der Waals surface area contributed by atoms with E-state index >= 15 is 0 Å². The number of carboxylic acid groups (broad SMARTS) is 1. The lowest BCUT2D eigenvalue weighted by Crippen LogP contribution is -2.30. The summed E-state index contributed by atoms with van der Waals surface area (Å²) >= 11 is 0. The number of nitrogen functional groups attached to an aromatic ring is 1. The number of hydrogen-bond acceptors (Lipinski definition) is 13. The average Bonchev–Trinajstić information content (AvgIpc) is 3.83. The van der Waals surface area contributed by atoms with Gasteiger partial charge in [-0.2, -0.15) is 9.97 Å². The number of carbonyl (C=O) groups is 2. The topological polar surface area (TPSA) is 213 Å². The summed E-state index contributed by atoms with van der Waals surface area (Å²) in [6.45, 7) is 1.77. The highest BCUT2D eigenvalue weighted by atomic mass is 16.5. The van der Waals surface area contributed by atoms with Gasteiger partial charge in [0, 0.05) is 49.7 Å². The van der Waals surface area contributed by atoms with Crippen LogP contribution in [0, 0.1) is 11.8 Å². The standard InChI is InChI=1S/C20H23N5O3.C20H21N3O4/c21-25-19(26)17-10-15(8-9-22-17)27-14-6-7-16-18(11-14)28-20(24-16)23-12-13-4-2-1-3-5-13;24-19(25)17-10-15(8-9-21-17)26-14-6-7-16-18(11-14)27-20(23-16)22-12-13-4-2-1-3-5-13/h6-11,13H,1-5,12,21H2,(H,23,24)(H,25,26);6-11,13H,1-5,12H2,(H,22,23)(H,24,25). The SMILES string of the molecule is NNC(=O)c1cc(Oc2ccc3nc(NCC4CCCCC4)oc3c2)ccn1.O=C(O)c1cc(Oc2ccc3nc(NCC4CCCCC4)oc3c2)ccn1. The number of nitrogens with two attached hydrogens (primary N) is 1. The highest BCUT2D eigenvalue weighted by molar-refractivity contribution is 5.92. The van der Waals surface area contributed by atoms with Crippen LogP contribution in [0.5, 0.6) is 23.0 Å². The van der Waals surface area contributed by atoms with Crippen LogP contribution in [-0.4, -0.2) is 50.0 Å². The number of hydrazine groups is 1. The summed E-state index contributed by atoms with van der Waals surface area (Å²) in [6.07, 6.45) is 15.9. The maximum absolute atomic E-state index is 11.6. The Bertz CT molecular complexity index is 2230. The minimum Gasteiger partial charge on any atom is -0.477 e. The molecule has 0 atom stereocenters. The Labute approximate surface area is 317 Å². The van der Waals surface area contributed by atoms with Gasteiger partial charge in [0.15, 0.2) is 16.9 Å². The third-order valence-corrected chi connectivity index (χ3v) is 9.77. The molecule has 6 aromatic rings. The Kier molecular flexibility index (Phi) is 12.0. The number of pyridine rings is 2. The Balaban J connectivity index is 0.000000169. The first-order valence-electron chi connectivity index (χ1n) is 18.7. The third-order valence-electron chi connectivity index (χ3n) is 9.77. The Hall–Kier alpha value is -6.22. The van der Waals surface area contributed by atoms with Crippen molar-refractivity contribution in [3.8, 4) is 23.0 Å². The molecule has 0 spiro atoms. The molecule has 15 heteroatoms. The van der Waals surface area contributed by atoms with E-state index in [9.17, 15) is 9.59 Å². The van der Waals surface area contributed by atoms with Gasteiger partial charge >= 0.3 is 5.97 Å². The zero-order chi connectivity index (χ0) is 38.0.